The minimum absolute atomic E-state index is 0.140. The summed E-state index contributed by atoms with van der Waals surface area (Å²) in [7, 11) is -3.96. The molecule has 1 aliphatic heterocycles. The van der Waals surface area contributed by atoms with Crippen LogP contribution >= 0.6 is 0 Å². The summed E-state index contributed by atoms with van der Waals surface area (Å²) < 4.78 is 31.5. The molecule has 0 amide bonds. The maximum atomic E-state index is 13.0. The van der Waals surface area contributed by atoms with Crippen LogP contribution in [0.25, 0.3) is 0 Å². The summed E-state index contributed by atoms with van der Waals surface area (Å²) in [5.74, 6) is 0. The lowest BCUT2D eigenvalue weighted by Crippen LogP contribution is -2.34. The molecule has 0 saturated carbocycles. The average molecular weight is 570 g/mol. The number of nitrogens with zero attached hydrogens (tertiary/aromatic N) is 3. The van der Waals surface area contributed by atoms with Crippen molar-refractivity contribution in [1.82, 2.24) is 4.90 Å². The van der Waals surface area contributed by atoms with Crippen molar-refractivity contribution in [2.24, 2.45) is 5.10 Å². The molecule has 0 N–H and O–H groups in total. The van der Waals surface area contributed by atoms with Crippen LogP contribution in [-0.4, -0.2) is 32.6 Å². The number of unbranched alkanes of at least 4 members (excludes halogenated alkanes) is 15. The summed E-state index contributed by atoms with van der Waals surface area (Å²) >= 11 is 0. The monoisotopic (exact) mass is 569 g/mol. The SMILES string of the molecule is CCCCCCCCCCCCCCCCCCN1CN(c2ccccc2)N=C1OS(=O)(=O)c1ccc(C)cc1. The van der Waals surface area contributed by atoms with E-state index in [1.807, 2.05) is 42.2 Å². The molecule has 2 aromatic rings. The zero-order valence-corrected chi connectivity index (χ0v) is 25.7. The third-order valence-corrected chi connectivity index (χ3v) is 8.83. The lowest BCUT2D eigenvalue weighted by atomic mass is 10.0. The number of hydrogen-bond acceptors (Lipinski definition) is 6. The Hall–Kier alpha value is -2.54. The van der Waals surface area contributed by atoms with Gasteiger partial charge < -0.3 is 9.08 Å². The highest BCUT2D eigenvalue weighted by molar-refractivity contribution is 7.87. The molecule has 0 unspecified atom stereocenters. The molecule has 1 heterocycles. The molecule has 1 aliphatic rings. The van der Waals surface area contributed by atoms with Gasteiger partial charge in [0.1, 0.15) is 11.6 Å². The first-order valence-electron chi connectivity index (χ1n) is 15.7. The number of rotatable bonds is 20. The first-order chi connectivity index (χ1) is 19.5. The van der Waals surface area contributed by atoms with Crippen LogP contribution < -0.4 is 5.01 Å². The maximum Gasteiger partial charge on any atom is 0.341 e. The van der Waals surface area contributed by atoms with Gasteiger partial charge in [0, 0.05) is 6.54 Å². The number of anilines is 1. The number of para-hydroxylation sites is 1. The standard InChI is InChI=1S/C33H51N3O3S/c1-3-4-5-6-7-8-9-10-11-12-13-14-15-16-17-21-28-35-29-36(31-22-19-18-20-23-31)34-33(35)39-40(37,38)32-26-24-30(2)25-27-32/h18-20,22-27H,3-17,21,28-29H2,1-2H3. The number of hydrazone groups is 1. The van der Waals surface area contributed by atoms with Crippen molar-refractivity contribution in [3.63, 3.8) is 0 Å². The Morgan fingerprint density at radius 2 is 1.20 bits per heavy atom. The van der Waals surface area contributed by atoms with Gasteiger partial charge in [-0.05, 0) is 37.6 Å². The Bertz CT molecular complexity index is 1090. The Morgan fingerprint density at radius 3 is 1.73 bits per heavy atom. The minimum atomic E-state index is -3.96. The zero-order chi connectivity index (χ0) is 28.5. The van der Waals surface area contributed by atoms with Gasteiger partial charge in [-0.15, -0.1) is 5.10 Å². The molecular formula is C33H51N3O3S. The van der Waals surface area contributed by atoms with Crippen molar-refractivity contribution in [2.75, 3.05) is 18.2 Å². The van der Waals surface area contributed by atoms with E-state index in [0.717, 1.165) is 24.1 Å². The van der Waals surface area contributed by atoms with Gasteiger partial charge in [-0.25, -0.2) is 5.01 Å². The second-order valence-corrected chi connectivity index (χ2v) is 12.7. The quantitative estimate of drug-likeness (QED) is 0.118. The van der Waals surface area contributed by atoms with E-state index in [2.05, 4.69) is 12.0 Å². The number of amidine groups is 1. The van der Waals surface area contributed by atoms with E-state index in [1.54, 1.807) is 29.3 Å². The van der Waals surface area contributed by atoms with Gasteiger partial charge >= 0.3 is 16.1 Å². The molecule has 222 valence electrons. The van der Waals surface area contributed by atoms with Gasteiger partial charge in [-0.1, -0.05) is 139 Å². The van der Waals surface area contributed by atoms with Gasteiger partial charge in [-0.2, -0.15) is 8.42 Å². The van der Waals surface area contributed by atoms with Crippen LogP contribution in [0, 0.1) is 6.92 Å². The van der Waals surface area contributed by atoms with E-state index in [0.29, 0.717) is 13.2 Å². The molecule has 40 heavy (non-hydrogen) atoms. The summed E-state index contributed by atoms with van der Waals surface area (Å²) in [6.45, 7) is 5.39. The molecule has 7 heteroatoms. The average Bonchev–Trinajstić information content (AvgIpc) is 3.35. The number of benzene rings is 2. The van der Waals surface area contributed by atoms with Crippen LogP contribution in [0.4, 0.5) is 5.69 Å². The van der Waals surface area contributed by atoms with Crippen LogP contribution in [0.1, 0.15) is 115 Å². The van der Waals surface area contributed by atoms with Gasteiger partial charge in [-0.3, -0.25) is 0 Å². The fourth-order valence-electron chi connectivity index (χ4n) is 5.10. The van der Waals surface area contributed by atoms with Crippen molar-refractivity contribution in [3.8, 4) is 0 Å². The zero-order valence-electron chi connectivity index (χ0n) is 24.9. The molecule has 0 radical (unpaired) electrons. The molecule has 0 bridgehead atoms. The molecule has 0 atom stereocenters. The summed E-state index contributed by atoms with van der Waals surface area (Å²) in [5.41, 5.74) is 1.91. The predicted octanol–water partition coefficient (Wildman–Crippen LogP) is 9.01. The van der Waals surface area contributed by atoms with E-state index < -0.39 is 10.1 Å². The van der Waals surface area contributed by atoms with E-state index in [9.17, 15) is 8.42 Å². The highest BCUT2D eigenvalue weighted by Gasteiger charge is 2.30. The summed E-state index contributed by atoms with van der Waals surface area (Å²) in [4.78, 5) is 2.07. The Balaban J connectivity index is 1.34. The molecule has 0 spiro atoms. The van der Waals surface area contributed by atoms with Gasteiger partial charge in [0.05, 0.1) is 5.69 Å². The van der Waals surface area contributed by atoms with E-state index in [1.165, 1.54) is 89.9 Å². The third-order valence-electron chi connectivity index (χ3n) is 7.61. The van der Waals surface area contributed by atoms with Crippen LogP contribution in [-0.2, 0) is 14.3 Å². The van der Waals surface area contributed by atoms with Crippen LogP contribution in [0.15, 0.2) is 64.6 Å². The Morgan fingerprint density at radius 1 is 0.700 bits per heavy atom. The fourth-order valence-corrected chi connectivity index (χ4v) is 6.00. The molecule has 2 aromatic carbocycles. The largest absolute Gasteiger partial charge is 0.341 e. The Kier molecular flexibility index (Phi) is 14.4. The highest BCUT2D eigenvalue weighted by atomic mass is 32.2. The van der Waals surface area contributed by atoms with Crippen molar-refractivity contribution >= 4 is 21.8 Å². The van der Waals surface area contributed by atoms with Crippen molar-refractivity contribution in [1.29, 1.82) is 0 Å². The molecular weight excluding hydrogens is 518 g/mol. The van der Waals surface area contributed by atoms with Gasteiger partial charge in [0.25, 0.3) is 0 Å². The molecule has 3 rings (SSSR count). The number of hydrogen-bond donors (Lipinski definition) is 0. The topological polar surface area (TPSA) is 62.2 Å². The van der Waals surface area contributed by atoms with Crippen LogP contribution in [0.2, 0.25) is 0 Å². The second-order valence-electron chi connectivity index (χ2n) is 11.2. The molecule has 6 nitrogen and oxygen atoms in total. The predicted molar refractivity (Wildman–Crippen MR) is 167 cm³/mol. The molecule has 0 fully saturated rings. The fraction of sp³-hybridized carbons (Fsp3) is 0.606. The normalized spacial score (nSPS) is 13.6. The third kappa shape index (κ3) is 11.5. The van der Waals surface area contributed by atoms with Crippen molar-refractivity contribution in [2.45, 2.75) is 121 Å². The van der Waals surface area contributed by atoms with Crippen LogP contribution in [0.3, 0.4) is 0 Å². The van der Waals surface area contributed by atoms with Crippen LogP contribution in [0.5, 0.6) is 0 Å². The van der Waals surface area contributed by atoms with Gasteiger partial charge in [0.2, 0.25) is 0 Å². The summed E-state index contributed by atoms with van der Waals surface area (Å²) in [6, 6.07) is 16.6. The highest BCUT2D eigenvalue weighted by Crippen LogP contribution is 2.23. The minimum Gasteiger partial charge on any atom is -0.340 e. The lowest BCUT2D eigenvalue weighted by molar-refractivity contribution is 0.356. The first kappa shape index (κ1) is 32.0. The molecule has 0 aliphatic carbocycles. The van der Waals surface area contributed by atoms with Crippen molar-refractivity contribution in [3.05, 3.63) is 60.2 Å². The first-order valence-corrected chi connectivity index (χ1v) is 17.1. The van der Waals surface area contributed by atoms with E-state index >= 15 is 0 Å². The van der Waals surface area contributed by atoms with E-state index in [4.69, 9.17) is 4.18 Å². The molecule has 0 aromatic heterocycles. The Labute approximate surface area is 243 Å². The number of aryl methyl sites for hydroxylation is 1. The lowest BCUT2D eigenvalue weighted by Gasteiger charge is -2.20. The van der Waals surface area contributed by atoms with Crippen molar-refractivity contribution < 1.29 is 12.6 Å². The smallest absolute Gasteiger partial charge is 0.340 e. The molecule has 0 saturated heterocycles. The maximum absolute atomic E-state index is 13.0. The van der Waals surface area contributed by atoms with E-state index in [-0.39, 0.29) is 10.9 Å². The second kappa shape index (κ2) is 18.0. The summed E-state index contributed by atoms with van der Waals surface area (Å²) in [5, 5.41) is 6.33. The van der Waals surface area contributed by atoms with Gasteiger partial charge in [0.15, 0.2) is 0 Å². The summed E-state index contributed by atoms with van der Waals surface area (Å²) in [6.07, 6.45) is 21.2.